The summed E-state index contributed by atoms with van der Waals surface area (Å²) in [6, 6.07) is 9.41. The van der Waals surface area contributed by atoms with Crippen LogP contribution in [-0.4, -0.2) is 5.97 Å². The van der Waals surface area contributed by atoms with E-state index >= 15 is 0 Å². The zero-order chi connectivity index (χ0) is 18.6. The third-order valence-corrected chi connectivity index (χ3v) is 5.60. The largest absolute Gasteiger partial charge is 0.427 e. The van der Waals surface area contributed by atoms with Crippen LogP contribution in [0.2, 0.25) is 0 Å². The molecule has 0 N–H and O–H groups in total. The van der Waals surface area contributed by atoms with E-state index in [2.05, 4.69) is 19.9 Å². The maximum absolute atomic E-state index is 12.2. The SMILES string of the molecule is CCCCCC(CCC(=O)Oc1ccccc1)C1=CCC(CCC)CC1. The fourth-order valence-electron chi connectivity index (χ4n) is 4.07. The smallest absolute Gasteiger partial charge is 0.311 e. The molecule has 0 saturated carbocycles. The first-order valence-electron chi connectivity index (χ1n) is 10.7. The predicted molar refractivity (Wildman–Crippen MR) is 109 cm³/mol. The minimum atomic E-state index is -0.100. The second-order valence-electron chi connectivity index (χ2n) is 7.73. The van der Waals surface area contributed by atoms with Crippen molar-refractivity contribution in [1.82, 2.24) is 0 Å². The van der Waals surface area contributed by atoms with E-state index in [-0.39, 0.29) is 5.97 Å². The lowest BCUT2D eigenvalue weighted by Gasteiger charge is -2.27. The minimum absolute atomic E-state index is 0.100. The lowest BCUT2D eigenvalue weighted by Crippen LogP contribution is -2.15. The Morgan fingerprint density at radius 3 is 2.58 bits per heavy atom. The lowest BCUT2D eigenvalue weighted by atomic mass is 9.79. The van der Waals surface area contributed by atoms with Gasteiger partial charge in [-0.15, -0.1) is 0 Å². The van der Waals surface area contributed by atoms with Crippen LogP contribution in [0.15, 0.2) is 42.0 Å². The summed E-state index contributed by atoms with van der Waals surface area (Å²) in [4.78, 5) is 12.2. The molecular weight excluding hydrogens is 320 g/mol. The van der Waals surface area contributed by atoms with Gasteiger partial charge in [-0.25, -0.2) is 0 Å². The molecule has 0 saturated heterocycles. The average molecular weight is 357 g/mol. The van der Waals surface area contributed by atoms with E-state index in [1.54, 1.807) is 5.57 Å². The van der Waals surface area contributed by atoms with E-state index in [0.29, 0.717) is 18.1 Å². The zero-order valence-electron chi connectivity index (χ0n) is 16.7. The standard InChI is InChI=1S/C24H36O2/c1-3-5-7-11-21(22-16-14-20(10-4-2)15-17-22)18-19-24(25)26-23-12-8-6-9-13-23/h6,8-9,12-13,16,20-21H,3-5,7,10-11,14-15,17-19H2,1-2H3. The van der Waals surface area contributed by atoms with Crippen LogP contribution in [0, 0.1) is 11.8 Å². The third-order valence-electron chi connectivity index (χ3n) is 5.60. The number of esters is 1. The van der Waals surface area contributed by atoms with Gasteiger partial charge >= 0.3 is 5.97 Å². The number of carbonyl (C=O) groups is 1. The van der Waals surface area contributed by atoms with Crippen LogP contribution in [0.3, 0.4) is 0 Å². The number of rotatable bonds is 11. The Morgan fingerprint density at radius 2 is 1.92 bits per heavy atom. The van der Waals surface area contributed by atoms with Crippen molar-refractivity contribution in [2.45, 2.75) is 84.5 Å². The number of ether oxygens (including phenoxy) is 1. The molecule has 2 unspecified atom stereocenters. The highest BCUT2D eigenvalue weighted by Gasteiger charge is 2.21. The van der Waals surface area contributed by atoms with Gasteiger partial charge < -0.3 is 4.74 Å². The second kappa shape index (κ2) is 11.9. The summed E-state index contributed by atoms with van der Waals surface area (Å²) in [7, 11) is 0. The van der Waals surface area contributed by atoms with Gasteiger partial charge in [-0.1, -0.05) is 75.8 Å². The molecule has 2 nitrogen and oxygen atoms in total. The molecule has 0 aromatic heterocycles. The van der Waals surface area contributed by atoms with Gasteiger partial charge in [0.15, 0.2) is 0 Å². The molecule has 0 aliphatic heterocycles. The summed E-state index contributed by atoms with van der Waals surface area (Å²) < 4.78 is 5.47. The van der Waals surface area contributed by atoms with E-state index in [1.165, 1.54) is 57.8 Å². The molecule has 2 atom stereocenters. The highest BCUT2D eigenvalue weighted by molar-refractivity contribution is 5.72. The molecule has 2 rings (SSSR count). The van der Waals surface area contributed by atoms with Crippen molar-refractivity contribution >= 4 is 5.97 Å². The molecule has 0 bridgehead atoms. The van der Waals surface area contributed by atoms with Gasteiger partial charge in [0.05, 0.1) is 0 Å². The molecule has 0 spiro atoms. The Kier molecular flexibility index (Phi) is 9.52. The Balaban J connectivity index is 1.87. The summed E-state index contributed by atoms with van der Waals surface area (Å²) in [5.74, 6) is 1.99. The molecule has 1 aliphatic carbocycles. The second-order valence-corrected chi connectivity index (χ2v) is 7.73. The zero-order valence-corrected chi connectivity index (χ0v) is 16.7. The summed E-state index contributed by atoms with van der Waals surface area (Å²) in [6.07, 6.45) is 15.4. The molecule has 0 amide bonds. The van der Waals surface area contributed by atoms with Gasteiger partial charge in [-0.3, -0.25) is 4.79 Å². The van der Waals surface area contributed by atoms with Crippen LogP contribution < -0.4 is 4.74 Å². The molecule has 0 heterocycles. The van der Waals surface area contributed by atoms with Crippen molar-refractivity contribution in [3.8, 4) is 5.75 Å². The number of hydrogen-bond acceptors (Lipinski definition) is 2. The third kappa shape index (κ3) is 7.35. The quantitative estimate of drug-likeness (QED) is 0.183. The summed E-state index contributed by atoms with van der Waals surface area (Å²) in [6.45, 7) is 4.53. The highest BCUT2D eigenvalue weighted by atomic mass is 16.5. The average Bonchev–Trinajstić information content (AvgIpc) is 2.66. The van der Waals surface area contributed by atoms with E-state index in [9.17, 15) is 4.79 Å². The fourth-order valence-corrected chi connectivity index (χ4v) is 4.07. The van der Waals surface area contributed by atoms with Crippen LogP contribution in [0.1, 0.15) is 84.5 Å². The maximum Gasteiger partial charge on any atom is 0.311 e. The van der Waals surface area contributed by atoms with Gasteiger partial charge in [0.2, 0.25) is 0 Å². The van der Waals surface area contributed by atoms with Crippen LogP contribution in [0.25, 0.3) is 0 Å². The van der Waals surface area contributed by atoms with E-state index in [1.807, 2.05) is 30.3 Å². The molecule has 1 aromatic rings. The molecule has 0 fully saturated rings. The van der Waals surface area contributed by atoms with Crippen molar-refractivity contribution in [3.05, 3.63) is 42.0 Å². The molecular formula is C24H36O2. The van der Waals surface area contributed by atoms with Crippen LogP contribution in [0.4, 0.5) is 0 Å². The highest BCUT2D eigenvalue weighted by Crippen LogP contribution is 2.35. The van der Waals surface area contributed by atoms with Gasteiger partial charge in [0, 0.05) is 6.42 Å². The first kappa shape index (κ1) is 20.7. The number of benzene rings is 1. The van der Waals surface area contributed by atoms with Gasteiger partial charge in [-0.2, -0.15) is 0 Å². The number of carbonyl (C=O) groups excluding carboxylic acids is 1. The molecule has 1 aromatic carbocycles. The van der Waals surface area contributed by atoms with E-state index < -0.39 is 0 Å². The van der Waals surface area contributed by atoms with Crippen molar-refractivity contribution in [2.75, 3.05) is 0 Å². The molecule has 144 valence electrons. The normalized spacial score (nSPS) is 18.2. The van der Waals surface area contributed by atoms with Gasteiger partial charge in [0.25, 0.3) is 0 Å². The minimum Gasteiger partial charge on any atom is -0.427 e. The summed E-state index contributed by atoms with van der Waals surface area (Å²) >= 11 is 0. The first-order chi connectivity index (χ1) is 12.7. The Bertz CT molecular complexity index is 547. The van der Waals surface area contributed by atoms with Crippen molar-refractivity contribution in [1.29, 1.82) is 0 Å². The van der Waals surface area contributed by atoms with Crippen molar-refractivity contribution < 1.29 is 9.53 Å². The number of allylic oxidation sites excluding steroid dienone is 2. The number of hydrogen-bond donors (Lipinski definition) is 0. The predicted octanol–water partition coefficient (Wildman–Crippen LogP) is 7.10. The molecule has 0 radical (unpaired) electrons. The fraction of sp³-hybridized carbons (Fsp3) is 0.625. The van der Waals surface area contributed by atoms with E-state index in [0.717, 1.165) is 12.3 Å². The monoisotopic (exact) mass is 356 g/mol. The van der Waals surface area contributed by atoms with Gasteiger partial charge in [0.1, 0.15) is 5.75 Å². The maximum atomic E-state index is 12.2. The first-order valence-corrected chi connectivity index (χ1v) is 10.7. The van der Waals surface area contributed by atoms with Crippen LogP contribution in [-0.2, 0) is 4.79 Å². The molecule has 26 heavy (non-hydrogen) atoms. The van der Waals surface area contributed by atoms with Crippen molar-refractivity contribution in [3.63, 3.8) is 0 Å². The topological polar surface area (TPSA) is 26.3 Å². The Morgan fingerprint density at radius 1 is 1.12 bits per heavy atom. The lowest BCUT2D eigenvalue weighted by molar-refractivity contribution is -0.134. The van der Waals surface area contributed by atoms with Crippen molar-refractivity contribution in [2.24, 2.45) is 11.8 Å². The van der Waals surface area contributed by atoms with Crippen LogP contribution >= 0.6 is 0 Å². The van der Waals surface area contributed by atoms with Crippen LogP contribution in [0.5, 0.6) is 5.75 Å². The van der Waals surface area contributed by atoms with E-state index in [4.69, 9.17) is 4.74 Å². The molecule has 2 heteroatoms. The van der Waals surface area contributed by atoms with Gasteiger partial charge in [-0.05, 0) is 56.1 Å². The molecule has 1 aliphatic rings. The number of unbranched alkanes of at least 4 members (excludes halogenated alkanes) is 2. The Labute approximate surface area is 160 Å². The summed E-state index contributed by atoms with van der Waals surface area (Å²) in [5.41, 5.74) is 1.61. The summed E-state index contributed by atoms with van der Waals surface area (Å²) in [5, 5.41) is 0. The number of para-hydroxylation sites is 1. The Hall–Kier alpha value is -1.57.